The molecule has 0 spiro atoms. The Morgan fingerprint density at radius 1 is 1.20 bits per heavy atom. The summed E-state index contributed by atoms with van der Waals surface area (Å²) in [6, 6.07) is 3.56. The van der Waals surface area contributed by atoms with E-state index in [9.17, 15) is 23.4 Å². The molecule has 0 aromatic heterocycles. The summed E-state index contributed by atoms with van der Waals surface area (Å²) in [5, 5.41) is 20.0. The van der Waals surface area contributed by atoms with Crippen molar-refractivity contribution in [3.8, 4) is 11.5 Å². The van der Waals surface area contributed by atoms with Crippen LogP contribution in [0.5, 0.6) is 11.5 Å². The van der Waals surface area contributed by atoms with Gasteiger partial charge in [-0.2, -0.15) is 13.2 Å². The van der Waals surface area contributed by atoms with Crippen LogP contribution in [0.15, 0.2) is 12.1 Å². The number of aliphatic hydroxyl groups excluding tert-OH is 2. The maximum absolute atomic E-state index is 12.6. The predicted octanol–water partition coefficient (Wildman–Crippen LogP) is 3.71. The molecule has 2 N–H and O–H groups in total. The lowest BCUT2D eigenvalue weighted by Crippen LogP contribution is -2.48. The summed E-state index contributed by atoms with van der Waals surface area (Å²) in [7, 11) is 1.43. The molecule has 170 valence electrons. The summed E-state index contributed by atoms with van der Waals surface area (Å²) in [6.45, 7) is 7.29. The van der Waals surface area contributed by atoms with Crippen molar-refractivity contribution in [2.24, 2.45) is 11.3 Å². The third-order valence-electron chi connectivity index (χ3n) is 6.02. The van der Waals surface area contributed by atoms with Crippen molar-refractivity contribution >= 4 is 0 Å². The topological polar surface area (TPSA) is 62.2 Å². The molecule has 2 heterocycles. The minimum absolute atomic E-state index is 0.0451. The van der Waals surface area contributed by atoms with Gasteiger partial charge in [-0.1, -0.05) is 20.8 Å². The molecule has 3 rings (SSSR count). The van der Waals surface area contributed by atoms with E-state index >= 15 is 0 Å². The molecular formula is C22H32F3NO4. The van der Waals surface area contributed by atoms with Gasteiger partial charge in [-0.25, -0.2) is 0 Å². The van der Waals surface area contributed by atoms with Crippen molar-refractivity contribution < 1.29 is 32.9 Å². The average Bonchev–Trinajstić information content (AvgIpc) is 2.64. The third-order valence-corrected chi connectivity index (χ3v) is 6.02. The molecule has 3 unspecified atom stereocenters. The lowest BCUT2D eigenvalue weighted by atomic mass is 9.75. The second-order valence-corrected chi connectivity index (χ2v) is 9.66. The first kappa shape index (κ1) is 23.2. The number of hydrogen-bond acceptors (Lipinski definition) is 5. The molecule has 8 heteroatoms. The predicted molar refractivity (Wildman–Crippen MR) is 107 cm³/mol. The van der Waals surface area contributed by atoms with Gasteiger partial charge in [0, 0.05) is 19.1 Å². The number of methoxy groups -OCH3 is 1. The summed E-state index contributed by atoms with van der Waals surface area (Å²) < 4.78 is 48.3. The second-order valence-electron chi connectivity index (χ2n) is 9.66. The zero-order chi connectivity index (χ0) is 22.3. The average molecular weight is 431 g/mol. The highest BCUT2D eigenvalue weighted by atomic mass is 19.4. The van der Waals surface area contributed by atoms with Gasteiger partial charge in [-0.3, -0.25) is 4.90 Å². The van der Waals surface area contributed by atoms with Crippen LogP contribution in [0.1, 0.15) is 50.8 Å². The van der Waals surface area contributed by atoms with E-state index in [0.717, 1.165) is 37.1 Å². The van der Waals surface area contributed by atoms with E-state index in [1.807, 2.05) is 0 Å². The van der Waals surface area contributed by atoms with Crippen molar-refractivity contribution in [2.75, 3.05) is 26.8 Å². The van der Waals surface area contributed by atoms with Crippen LogP contribution in [-0.4, -0.2) is 60.3 Å². The Kier molecular flexibility index (Phi) is 6.60. The minimum atomic E-state index is -4.73. The molecule has 0 bridgehead atoms. The van der Waals surface area contributed by atoms with Crippen LogP contribution in [0.25, 0.3) is 0 Å². The number of halogens is 3. The third kappa shape index (κ3) is 5.21. The van der Waals surface area contributed by atoms with Crippen molar-refractivity contribution in [1.82, 2.24) is 4.90 Å². The lowest BCUT2D eigenvalue weighted by Gasteiger charge is -2.47. The summed E-state index contributed by atoms with van der Waals surface area (Å²) in [4.78, 5) is 2.39. The normalized spacial score (nSPS) is 26.0. The highest BCUT2D eigenvalue weighted by Crippen LogP contribution is 2.44. The molecule has 0 aliphatic carbocycles. The maximum atomic E-state index is 12.6. The first-order valence-electron chi connectivity index (χ1n) is 10.4. The molecule has 4 atom stereocenters. The Morgan fingerprint density at radius 3 is 2.50 bits per heavy atom. The first-order valence-corrected chi connectivity index (χ1v) is 10.4. The Balaban J connectivity index is 1.79. The van der Waals surface area contributed by atoms with Crippen molar-refractivity contribution in [3.05, 3.63) is 23.3 Å². The summed E-state index contributed by atoms with van der Waals surface area (Å²) in [6.07, 6.45) is -5.38. The standard InChI is InChI=1S/C22H32F3NO4/c1-21(2,3)10-14-11-26-6-5-13-7-19(30-12-20(28)22(23,24)25)18(29-4)8-15(13)16(26)9-17(14)27/h7-8,14,16-17,20,27-28H,5-6,9-12H2,1-4H3/t14?,16?,17?,20-/m0/s1. The molecule has 2 aliphatic heterocycles. The highest BCUT2D eigenvalue weighted by Gasteiger charge is 2.41. The molecular weight excluding hydrogens is 399 g/mol. The van der Waals surface area contributed by atoms with Crippen LogP contribution in [0, 0.1) is 11.3 Å². The number of fused-ring (bicyclic) bond motifs is 3. The molecule has 1 aromatic rings. The number of nitrogens with zero attached hydrogens (tertiary/aromatic N) is 1. The van der Waals surface area contributed by atoms with Crippen LogP contribution < -0.4 is 9.47 Å². The van der Waals surface area contributed by atoms with E-state index < -0.39 is 25.0 Å². The van der Waals surface area contributed by atoms with Gasteiger partial charge in [0.1, 0.15) is 6.61 Å². The maximum Gasteiger partial charge on any atom is 0.417 e. The van der Waals surface area contributed by atoms with Gasteiger partial charge < -0.3 is 19.7 Å². The summed E-state index contributed by atoms with van der Waals surface area (Å²) in [5.74, 6) is 0.738. The smallest absolute Gasteiger partial charge is 0.417 e. The Labute approximate surface area is 175 Å². The quantitative estimate of drug-likeness (QED) is 0.744. The van der Waals surface area contributed by atoms with Crippen LogP contribution in [0.3, 0.4) is 0 Å². The zero-order valence-corrected chi connectivity index (χ0v) is 18.0. The SMILES string of the molecule is COc1cc2c(cc1OC[C@H](O)C(F)(F)F)CCN1CC(CC(C)(C)C)C(O)CC21. The zero-order valence-electron chi connectivity index (χ0n) is 18.0. The van der Waals surface area contributed by atoms with Crippen LogP contribution in [-0.2, 0) is 6.42 Å². The molecule has 2 aliphatic rings. The lowest BCUT2D eigenvalue weighted by molar-refractivity contribution is -0.210. The Morgan fingerprint density at radius 2 is 1.90 bits per heavy atom. The number of piperidine rings is 1. The van der Waals surface area contributed by atoms with Gasteiger partial charge >= 0.3 is 6.18 Å². The van der Waals surface area contributed by atoms with E-state index in [-0.39, 0.29) is 23.1 Å². The van der Waals surface area contributed by atoms with E-state index in [2.05, 4.69) is 25.7 Å². The summed E-state index contributed by atoms with van der Waals surface area (Å²) >= 11 is 0. The molecule has 0 saturated carbocycles. The van der Waals surface area contributed by atoms with E-state index in [4.69, 9.17) is 9.47 Å². The molecule has 30 heavy (non-hydrogen) atoms. The van der Waals surface area contributed by atoms with Gasteiger partial charge in [0.15, 0.2) is 17.6 Å². The fourth-order valence-electron chi connectivity index (χ4n) is 4.62. The van der Waals surface area contributed by atoms with Crippen molar-refractivity contribution in [1.29, 1.82) is 0 Å². The summed E-state index contributed by atoms with van der Waals surface area (Å²) in [5.41, 5.74) is 2.15. The Hall–Kier alpha value is -1.51. The first-order chi connectivity index (χ1) is 13.9. The van der Waals surface area contributed by atoms with E-state index in [1.165, 1.54) is 7.11 Å². The van der Waals surface area contributed by atoms with Crippen LogP contribution >= 0.6 is 0 Å². The fraction of sp³-hybridized carbons (Fsp3) is 0.727. The van der Waals surface area contributed by atoms with Gasteiger partial charge in [0.25, 0.3) is 0 Å². The molecule has 5 nitrogen and oxygen atoms in total. The second kappa shape index (κ2) is 8.55. The molecule has 1 fully saturated rings. The van der Waals surface area contributed by atoms with E-state index in [1.54, 1.807) is 12.1 Å². The van der Waals surface area contributed by atoms with Crippen LogP contribution in [0.2, 0.25) is 0 Å². The number of ether oxygens (including phenoxy) is 2. The highest BCUT2D eigenvalue weighted by molar-refractivity contribution is 5.49. The monoisotopic (exact) mass is 431 g/mol. The number of benzene rings is 1. The molecule has 1 saturated heterocycles. The van der Waals surface area contributed by atoms with E-state index in [0.29, 0.717) is 12.2 Å². The molecule has 0 radical (unpaired) electrons. The molecule has 0 amide bonds. The van der Waals surface area contributed by atoms with Crippen molar-refractivity contribution in [3.63, 3.8) is 0 Å². The van der Waals surface area contributed by atoms with Gasteiger partial charge in [-0.15, -0.1) is 0 Å². The van der Waals surface area contributed by atoms with Crippen LogP contribution in [0.4, 0.5) is 13.2 Å². The number of aliphatic hydroxyl groups is 2. The van der Waals surface area contributed by atoms with Gasteiger partial charge in [0.05, 0.1) is 13.2 Å². The number of alkyl halides is 3. The minimum Gasteiger partial charge on any atom is -0.493 e. The Bertz CT molecular complexity index is 747. The number of rotatable bonds is 5. The fourth-order valence-corrected chi connectivity index (χ4v) is 4.62. The molecule has 1 aromatic carbocycles. The van der Waals surface area contributed by atoms with Gasteiger partial charge in [0.2, 0.25) is 0 Å². The number of hydrogen-bond donors (Lipinski definition) is 2. The van der Waals surface area contributed by atoms with Gasteiger partial charge in [-0.05, 0) is 53.9 Å². The van der Waals surface area contributed by atoms with Crippen molar-refractivity contribution in [2.45, 2.75) is 64.5 Å². The largest absolute Gasteiger partial charge is 0.493 e.